The molecule has 6 aliphatic heterocycles. The summed E-state index contributed by atoms with van der Waals surface area (Å²) in [6.45, 7) is 0. The van der Waals surface area contributed by atoms with Crippen molar-refractivity contribution < 1.29 is 54.2 Å². The van der Waals surface area contributed by atoms with Crippen LogP contribution in [0.5, 0.6) is 17.2 Å². The van der Waals surface area contributed by atoms with Gasteiger partial charge in [0.1, 0.15) is 130 Å². The first-order chi connectivity index (χ1) is 65.5. The molecule has 0 saturated carbocycles. The molecule has 0 saturated heterocycles. The topological polar surface area (TPSA) is 559 Å². The van der Waals surface area contributed by atoms with Crippen LogP contribution in [0.2, 0.25) is 0 Å². The van der Waals surface area contributed by atoms with E-state index in [0.29, 0.717) is 136 Å². The SMILES string of the molecule is O=S(=O)([O-])c1c(O)ccc2c3nc4nc(nc5[nH]c(nc6nc(nc([nH]3)c12)-c1ccccc1-6)c1ccccc51)-c1ccccc1-4.O=S(=O)([O-])c1c(O)ccc2c3nc4nc(nc5[nH]c(nc6nc(nc([nH]3)c12)-c1ccccc1-6)c1ccccc51)-c1ccccc1-4.O=S(=O)([O-])c1c(O)ccc2c3nc4nc(nc5[nH]c(nc6nc(nc([nH]3)c12)-c1ccccc1-6)c1ccccc51)-c1ccccc1-4.[Al+3]. The van der Waals surface area contributed by atoms with Gasteiger partial charge in [0.25, 0.3) is 0 Å². The van der Waals surface area contributed by atoms with Crippen LogP contribution >= 0.6 is 0 Å². The van der Waals surface area contributed by atoms with Gasteiger partial charge >= 0.3 is 17.4 Å². The largest absolute Gasteiger partial charge is 3.00 e. The Morgan fingerprint density at radius 1 is 0.176 bits per heavy atom. The molecule has 6 aliphatic rings. The molecule has 24 bridgehead atoms. The number of nitrogens with zero attached hydrogens (tertiary/aromatic N) is 18. The van der Waals surface area contributed by atoms with Gasteiger partial charge in [0.2, 0.25) is 0 Å². The van der Waals surface area contributed by atoms with Crippen molar-refractivity contribution in [2.45, 2.75) is 14.7 Å². The Bertz CT molecular complexity index is 9040. The summed E-state index contributed by atoms with van der Waals surface area (Å²) < 4.78 is 112. The second-order valence-electron chi connectivity index (χ2n) is 31.6. The molecule has 15 heterocycles. The van der Waals surface area contributed by atoms with Crippen molar-refractivity contribution in [2.75, 3.05) is 0 Å². The van der Waals surface area contributed by atoms with Crippen molar-refractivity contribution in [2.24, 2.45) is 0 Å². The standard InChI is InChI=1S/3C32H18N8O4S.Al/c3*41-22-14-13-21-23(24(22)45(42,43)44)32-39-30-20-12-6-5-11-19(20)28(37-30)35-26-16-8-2-1-7-15(16)25(33-26)34-27-17-9-3-4-10-18(17)29(36-27)38-31(21)40-32;/h3*1-14,41H,(H,42,43,44)(H2,33,34,35,36,37,38,39,40);/q;;;+3/p-3. The number of aromatic nitrogens is 24. The quantitative estimate of drug-likeness (QED) is 0.0586. The van der Waals surface area contributed by atoms with E-state index in [2.05, 4.69) is 29.9 Å². The van der Waals surface area contributed by atoms with Gasteiger partial charge in [-0.1, -0.05) is 218 Å². The molecule has 136 heavy (non-hydrogen) atoms. The fourth-order valence-electron chi connectivity index (χ4n) is 17.8. The number of rotatable bonds is 3. The monoisotopic (exact) mass is 1850 g/mol. The van der Waals surface area contributed by atoms with Gasteiger partial charge in [0.15, 0.2) is 69.9 Å². The number of H-pyrrole nitrogens is 6. The van der Waals surface area contributed by atoms with Crippen molar-refractivity contribution in [3.05, 3.63) is 255 Å². The molecule has 0 spiro atoms. The average molecular weight is 1860 g/mol. The maximum absolute atomic E-state index is 12.5. The Balaban J connectivity index is 0.000000111. The molecule has 0 fully saturated rings. The molecule has 9 aromatic heterocycles. The van der Waals surface area contributed by atoms with E-state index in [1.54, 1.807) is 0 Å². The molecule has 27 rings (SSSR count). The number of benzene rings is 12. The molecule has 0 unspecified atom stereocenters. The number of fused-ring (bicyclic) bond motifs is 60. The number of hydrogen-bond donors (Lipinski definition) is 9. The molecule has 0 aliphatic carbocycles. The van der Waals surface area contributed by atoms with Gasteiger partial charge < -0.3 is 58.9 Å². The van der Waals surface area contributed by atoms with E-state index >= 15 is 0 Å². The zero-order valence-electron chi connectivity index (χ0n) is 69.1. The van der Waals surface area contributed by atoms with Crippen LogP contribution in [0.3, 0.4) is 0 Å². The van der Waals surface area contributed by atoms with E-state index in [1.807, 2.05) is 218 Å². The van der Waals surface area contributed by atoms with E-state index in [-0.39, 0.29) is 101 Å². The summed E-state index contributed by atoms with van der Waals surface area (Å²) in [5, 5.41) is 37.1. The molecule has 36 nitrogen and oxygen atoms in total. The van der Waals surface area contributed by atoms with Gasteiger partial charge in [-0.2, -0.15) is 0 Å². The molecule has 0 amide bonds. The van der Waals surface area contributed by atoms with Crippen molar-refractivity contribution in [1.82, 2.24) is 120 Å². The Kier molecular flexibility index (Phi) is 18.3. The molecule has 12 aromatic carbocycles. The average Bonchev–Trinajstić information content (AvgIpc) is 1.58. The Morgan fingerprint density at radius 3 is 0.463 bits per heavy atom. The summed E-state index contributed by atoms with van der Waals surface area (Å²) in [4.78, 5) is 103. The maximum atomic E-state index is 12.5. The van der Waals surface area contributed by atoms with Crippen molar-refractivity contribution in [3.63, 3.8) is 0 Å². The Morgan fingerprint density at radius 2 is 0.309 bits per heavy atom. The molecular weight excluding hydrogens is 1800 g/mol. The van der Waals surface area contributed by atoms with E-state index < -0.39 is 62.3 Å². The third-order valence-corrected chi connectivity index (χ3v) is 26.4. The van der Waals surface area contributed by atoms with Crippen molar-refractivity contribution in [1.29, 1.82) is 0 Å². The van der Waals surface area contributed by atoms with Crippen molar-refractivity contribution in [3.8, 4) is 154 Å². The van der Waals surface area contributed by atoms with Crippen LogP contribution < -0.4 is 0 Å². The molecule has 40 heteroatoms. The molecule has 648 valence electrons. The van der Waals surface area contributed by atoms with Gasteiger partial charge in [-0.05, 0) is 36.4 Å². The van der Waals surface area contributed by atoms with E-state index in [0.717, 1.165) is 67.2 Å². The predicted octanol–water partition coefficient (Wildman–Crippen LogP) is 16.1. The fraction of sp³-hybridized carbons (Fsp3) is 0. The number of aromatic hydroxyl groups is 3. The summed E-state index contributed by atoms with van der Waals surface area (Å²) in [6.07, 6.45) is 0. The first kappa shape index (κ1) is 81.6. The van der Waals surface area contributed by atoms with Crippen LogP contribution in [0, 0.1) is 0 Å². The zero-order valence-corrected chi connectivity index (χ0v) is 72.7. The number of hydrogen-bond acceptors (Lipinski definition) is 30. The first-order valence-corrected chi connectivity index (χ1v) is 45.5. The van der Waals surface area contributed by atoms with Crippen LogP contribution in [-0.2, 0) is 30.4 Å². The number of nitrogens with one attached hydrogen (secondary N) is 6. The Labute approximate surface area is 772 Å². The smallest absolute Gasteiger partial charge is 0.744 e. The van der Waals surface area contributed by atoms with Crippen LogP contribution in [0.1, 0.15) is 0 Å². The van der Waals surface area contributed by atoms with Gasteiger partial charge in [-0.3, -0.25) is 0 Å². The molecule has 0 radical (unpaired) electrons. The van der Waals surface area contributed by atoms with Crippen molar-refractivity contribution >= 4 is 180 Å². The molecular formula is C96H51AlN24O12S3. The summed E-state index contributed by atoms with van der Waals surface area (Å²) in [7, 11) is -15.4. The Hall–Kier alpha value is -17.6. The van der Waals surface area contributed by atoms with E-state index in [4.69, 9.17) is 89.7 Å². The minimum Gasteiger partial charge on any atom is -0.744 e. The maximum Gasteiger partial charge on any atom is 3.00 e. The predicted molar refractivity (Wildman–Crippen MR) is 503 cm³/mol. The number of aromatic amines is 6. The summed E-state index contributed by atoms with van der Waals surface area (Å²) >= 11 is 0. The van der Waals surface area contributed by atoms with Crippen LogP contribution in [0.25, 0.3) is 269 Å². The third-order valence-electron chi connectivity index (χ3n) is 23.7. The summed E-state index contributed by atoms with van der Waals surface area (Å²) in [5.41, 5.74) is 12.1. The van der Waals surface area contributed by atoms with Crippen LogP contribution in [-0.4, -0.2) is 191 Å². The van der Waals surface area contributed by atoms with E-state index in [9.17, 15) is 54.2 Å². The first-order valence-electron chi connectivity index (χ1n) is 41.3. The second kappa shape index (κ2) is 30.5. The van der Waals surface area contributed by atoms with E-state index in [1.165, 1.54) is 18.2 Å². The number of phenolic OH excluding ortho intramolecular Hbond substituents is 3. The molecule has 21 aromatic rings. The van der Waals surface area contributed by atoms with Gasteiger partial charge in [-0.15, -0.1) is 0 Å². The number of phenols is 3. The summed E-state index contributed by atoms with van der Waals surface area (Å²) in [5.74, 6) is 1.86. The van der Waals surface area contributed by atoms with Gasteiger partial charge in [0.05, 0.1) is 0 Å². The van der Waals surface area contributed by atoms with Crippen LogP contribution in [0.15, 0.2) is 269 Å². The minimum atomic E-state index is -5.15. The zero-order chi connectivity index (χ0) is 91.3. The second-order valence-corrected chi connectivity index (χ2v) is 35.6. The molecule has 0 atom stereocenters. The summed E-state index contributed by atoms with van der Waals surface area (Å²) in [6, 6.07) is 75.6. The fourth-order valence-corrected chi connectivity index (χ4v) is 20.2. The normalized spacial score (nSPS) is 12.3. The van der Waals surface area contributed by atoms with Crippen LogP contribution in [0.4, 0.5) is 0 Å². The molecule has 9 N–H and O–H groups in total. The third kappa shape index (κ3) is 13.2. The van der Waals surface area contributed by atoms with Gasteiger partial charge in [0, 0.05) is 131 Å². The van der Waals surface area contributed by atoms with Gasteiger partial charge in [-0.25, -0.2) is 115 Å². The minimum absolute atomic E-state index is 0.